The van der Waals surface area contributed by atoms with Crippen LogP contribution in [0, 0.1) is 0 Å². The van der Waals surface area contributed by atoms with Crippen LogP contribution in [0.1, 0.15) is 25.0 Å². The zero-order chi connectivity index (χ0) is 34.1. The smallest absolute Gasteiger partial charge is 0.160 e. The third-order valence-corrected chi connectivity index (χ3v) is 10.9. The van der Waals surface area contributed by atoms with Gasteiger partial charge in [-0.05, 0) is 90.0 Å². The first-order valence-electron chi connectivity index (χ1n) is 17.7. The van der Waals surface area contributed by atoms with Crippen LogP contribution in [0.4, 0.5) is 0 Å². The van der Waals surface area contributed by atoms with Crippen LogP contribution in [-0.4, -0.2) is 9.97 Å². The summed E-state index contributed by atoms with van der Waals surface area (Å²) < 4.78 is 0. The van der Waals surface area contributed by atoms with Crippen molar-refractivity contribution >= 4 is 32.3 Å². The maximum absolute atomic E-state index is 5.23. The van der Waals surface area contributed by atoms with Crippen molar-refractivity contribution < 1.29 is 0 Å². The summed E-state index contributed by atoms with van der Waals surface area (Å²) in [6.45, 7) is 4.71. The molecule has 0 atom stereocenters. The number of nitrogens with zero attached hydrogens (tertiary/aromatic N) is 2. The maximum Gasteiger partial charge on any atom is 0.160 e. The van der Waals surface area contributed by atoms with Crippen LogP contribution in [0.2, 0.25) is 0 Å². The van der Waals surface area contributed by atoms with E-state index in [9.17, 15) is 0 Å². The highest BCUT2D eigenvalue weighted by Crippen LogP contribution is 2.51. The van der Waals surface area contributed by atoms with Crippen molar-refractivity contribution in [3.05, 3.63) is 181 Å². The summed E-state index contributed by atoms with van der Waals surface area (Å²) >= 11 is 0. The standard InChI is InChI=1S/C49H34N2/c1-49(2)44-26-23-35(28-42(44)43-27-33-16-6-7-17-34(33)29-45(43)49)37-24-25-41(39-21-11-10-20-38(37)39)47-30-46(50-48(51-47)32-14-4-3-5-15-32)40-22-12-18-31-13-8-9-19-36(31)40/h3-30H,1-2H3. The molecule has 0 saturated heterocycles. The van der Waals surface area contributed by atoms with Gasteiger partial charge in [0.2, 0.25) is 0 Å². The number of benzene rings is 8. The quantitative estimate of drug-likeness (QED) is 0.189. The first-order valence-corrected chi connectivity index (χ1v) is 17.7. The van der Waals surface area contributed by atoms with E-state index in [-0.39, 0.29) is 5.41 Å². The molecule has 0 fully saturated rings. The van der Waals surface area contributed by atoms with E-state index in [2.05, 4.69) is 166 Å². The lowest BCUT2D eigenvalue weighted by Gasteiger charge is -2.22. The molecule has 0 unspecified atom stereocenters. The van der Waals surface area contributed by atoms with E-state index >= 15 is 0 Å². The van der Waals surface area contributed by atoms with Gasteiger partial charge >= 0.3 is 0 Å². The number of rotatable bonds is 4. The molecule has 1 aromatic heterocycles. The summed E-state index contributed by atoms with van der Waals surface area (Å²) in [5.41, 5.74) is 12.8. The largest absolute Gasteiger partial charge is 0.228 e. The number of hydrogen-bond acceptors (Lipinski definition) is 2. The summed E-state index contributed by atoms with van der Waals surface area (Å²) in [4.78, 5) is 10.4. The number of aromatic nitrogens is 2. The van der Waals surface area contributed by atoms with Crippen LogP contribution in [-0.2, 0) is 5.41 Å². The predicted octanol–water partition coefficient (Wildman–Crippen LogP) is 12.9. The van der Waals surface area contributed by atoms with Gasteiger partial charge in [-0.2, -0.15) is 0 Å². The average Bonchev–Trinajstić information content (AvgIpc) is 3.40. The molecule has 9 aromatic rings. The van der Waals surface area contributed by atoms with Crippen molar-refractivity contribution in [1.82, 2.24) is 9.97 Å². The average molecular weight is 651 g/mol. The Balaban J connectivity index is 1.16. The third-order valence-electron chi connectivity index (χ3n) is 10.9. The van der Waals surface area contributed by atoms with E-state index in [4.69, 9.17) is 9.97 Å². The third kappa shape index (κ3) is 4.71. The second-order valence-electron chi connectivity index (χ2n) is 14.2. The molecule has 0 saturated carbocycles. The van der Waals surface area contributed by atoms with Gasteiger partial charge in [-0.15, -0.1) is 0 Å². The number of fused-ring (bicyclic) bond motifs is 6. The van der Waals surface area contributed by atoms with Crippen LogP contribution in [0.3, 0.4) is 0 Å². The molecule has 0 amide bonds. The molecule has 8 aromatic carbocycles. The lowest BCUT2D eigenvalue weighted by Crippen LogP contribution is -2.14. The highest BCUT2D eigenvalue weighted by molar-refractivity contribution is 6.06. The van der Waals surface area contributed by atoms with Crippen molar-refractivity contribution in [1.29, 1.82) is 0 Å². The van der Waals surface area contributed by atoms with Crippen LogP contribution in [0.5, 0.6) is 0 Å². The van der Waals surface area contributed by atoms with E-state index in [0.29, 0.717) is 0 Å². The fourth-order valence-corrected chi connectivity index (χ4v) is 8.27. The van der Waals surface area contributed by atoms with Gasteiger partial charge in [0.15, 0.2) is 5.82 Å². The zero-order valence-corrected chi connectivity index (χ0v) is 28.6. The molecule has 51 heavy (non-hydrogen) atoms. The minimum atomic E-state index is -0.0651. The van der Waals surface area contributed by atoms with E-state index in [1.165, 1.54) is 65.7 Å². The molecule has 0 spiro atoms. The van der Waals surface area contributed by atoms with E-state index in [0.717, 1.165) is 33.9 Å². The molecule has 0 bridgehead atoms. The van der Waals surface area contributed by atoms with E-state index in [1.54, 1.807) is 0 Å². The highest BCUT2D eigenvalue weighted by Gasteiger charge is 2.36. The molecule has 1 aliphatic carbocycles. The second-order valence-corrected chi connectivity index (χ2v) is 14.2. The molecule has 1 heterocycles. The minimum absolute atomic E-state index is 0.0651. The van der Waals surface area contributed by atoms with Gasteiger partial charge in [0.25, 0.3) is 0 Å². The Morgan fingerprint density at radius 1 is 0.353 bits per heavy atom. The van der Waals surface area contributed by atoms with Crippen molar-refractivity contribution in [2.45, 2.75) is 19.3 Å². The Morgan fingerprint density at radius 3 is 1.69 bits per heavy atom. The molecule has 1 aliphatic rings. The molecule has 2 heteroatoms. The van der Waals surface area contributed by atoms with Crippen LogP contribution >= 0.6 is 0 Å². The second kappa shape index (κ2) is 11.3. The van der Waals surface area contributed by atoms with Crippen LogP contribution in [0.15, 0.2) is 170 Å². The molecule has 2 nitrogen and oxygen atoms in total. The molecule has 0 radical (unpaired) electrons. The molecule has 0 N–H and O–H groups in total. The van der Waals surface area contributed by atoms with Crippen LogP contribution in [0.25, 0.3) is 88.5 Å². The topological polar surface area (TPSA) is 25.8 Å². The molecular formula is C49H34N2. The highest BCUT2D eigenvalue weighted by atomic mass is 14.9. The van der Waals surface area contributed by atoms with Crippen LogP contribution < -0.4 is 0 Å². The first kappa shape index (κ1) is 29.5. The first-order chi connectivity index (χ1) is 25.0. The van der Waals surface area contributed by atoms with E-state index < -0.39 is 0 Å². The Morgan fingerprint density at radius 2 is 0.922 bits per heavy atom. The van der Waals surface area contributed by atoms with Gasteiger partial charge in [0, 0.05) is 22.1 Å². The van der Waals surface area contributed by atoms with Crippen molar-refractivity contribution in [3.8, 4) is 56.2 Å². The van der Waals surface area contributed by atoms with Gasteiger partial charge in [-0.1, -0.05) is 159 Å². The zero-order valence-electron chi connectivity index (χ0n) is 28.6. The van der Waals surface area contributed by atoms with Crippen molar-refractivity contribution in [3.63, 3.8) is 0 Å². The fourth-order valence-electron chi connectivity index (χ4n) is 8.27. The lowest BCUT2D eigenvalue weighted by atomic mass is 9.81. The number of hydrogen-bond donors (Lipinski definition) is 0. The Bertz CT molecular complexity index is 2820. The molecule has 10 rings (SSSR count). The Labute approximate surface area is 297 Å². The summed E-state index contributed by atoms with van der Waals surface area (Å²) in [6.07, 6.45) is 0. The normalized spacial score (nSPS) is 13.1. The van der Waals surface area contributed by atoms with Gasteiger partial charge in [-0.25, -0.2) is 9.97 Å². The maximum atomic E-state index is 5.23. The van der Waals surface area contributed by atoms with Gasteiger partial charge < -0.3 is 0 Å². The SMILES string of the molecule is CC1(C)c2ccc(-c3ccc(-c4cc(-c5cccc6ccccc56)nc(-c5ccccc5)n4)c4ccccc34)cc2-c2cc3ccccc3cc21. The summed E-state index contributed by atoms with van der Waals surface area (Å²) in [5.74, 6) is 0.719. The summed E-state index contributed by atoms with van der Waals surface area (Å²) in [6, 6.07) is 61.3. The fraction of sp³-hybridized carbons (Fsp3) is 0.0612. The minimum Gasteiger partial charge on any atom is -0.228 e. The van der Waals surface area contributed by atoms with Gasteiger partial charge in [0.1, 0.15) is 0 Å². The molecular weight excluding hydrogens is 617 g/mol. The van der Waals surface area contributed by atoms with Gasteiger partial charge in [-0.3, -0.25) is 0 Å². The summed E-state index contributed by atoms with van der Waals surface area (Å²) in [5, 5.41) is 7.32. The van der Waals surface area contributed by atoms with E-state index in [1.807, 2.05) is 18.2 Å². The lowest BCUT2D eigenvalue weighted by molar-refractivity contribution is 0.661. The summed E-state index contributed by atoms with van der Waals surface area (Å²) in [7, 11) is 0. The van der Waals surface area contributed by atoms with Gasteiger partial charge in [0.05, 0.1) is 11.4 Å². The Hall–Kier alpha value is -6.38. The molecule has 240 valence electrons. The predicted molar refractivity (Wildman–Crippen MR) is 214 cm³/mol. The van der Waals surface area contributed by atoms with Crippen molar-refractivity contribution in [2.24, 2.45) is 0 Å². The van der Waals surface area contributed by atoms with Crippen molar-refractivity contribution in [2.75, 3.05) is 0 Å². The molecule has 0 aliphatic heterocycles. The monoisotopic (exact) mass is 650 g/mol. The Kier molecular flexibility index (Phi) is 6.56.